The number of nitro benzene ring substituents is 1. The highest BCUT2D eigenvalue weighted by molar-refractivity contribution is 7.23. The van der Waals surface area contributed by atoms with Crippen molar-refractivity contribution in [3.8, 4) is 5.75 Å². The van der Waals surface area contributed by atoms with Gasteiger partial charge in [-0.05, 0) is 29.8 Å². The predicted molar refractivity (Wildman–Crippen MR) is 149 cm³/mol. The number of nitrogens with zero attached hydrogens (tertiary/aromatic N) is 5. The lowest BCUT2D eigenvalue weighted by molar-refractivity contribution is -0.387. The van der Waals surface area contributed by atoms with E-state index in [0.717, 1.165) is 23.0 Å². The zero-order valence-electron chi connectivity index (χ0n) is 19.6. The maximum Gasteiger partial charge on any atom is 0.308 e. The molecular formula is C24H14Cl2F2N6O3S2. The molecule has 15 heteroatoms. The Morgan fingerprint density at radius 3 is 2.56 bits per heavy atom. The molecule has 3 heterocycles. The van der Waals surface area contributed by atoms with Gasteiger partial charge in [0.15, 0.2) is 0 Å². The number of aromatic nitrogens is 2. The number of ether oxygens (including phenoxy) is 1. The van der Waals surface area contributed by atoms with E-state index in [4.69, 9.17) is 27.9 Å². The molecule has 0 aliphatic carbocycles. The highest BCUT2D eigenvalue weighted by Gasteiger charge is 2.33. The third kappa shape index (κ3) is 4.50. The molecule has 6 rings (SSSR count). The molecule has 1 unspecified atom stereocenters. The molecule has 0 saturated carbocycles. The van der Waals surface area contributed by atoms with Crippen LogP contribution in [-0.4, -0.2) is 27.8 Å². The molecule has 1 atom stereocenters. The average Bonchev–Trinajstić information content (AvgIpc) is 3.65. The number of fused-ring (bicyclic) bond motifs is 2. The first-order valence-corrected chi connectivity index (χ1v) is 13.6. The SMILES string of the molecule is COc1ccc(C2C/C(=N/c3nc4cc([N+](=O)[O-])c(F)c(Cl)c4s3)NN2c2nc3ccc(F)c(Cl)c3s2)cc1. The van der Waals surface area contributed by atoms with Crippen molar-refractivity contribution in [2.75, 3.05) is 12.1 Å². The van der Waals surface area contributed by atoms with Crippen molar-refractivity contribution in [1.82, 2.24) is 15.4 Å². The van der Waals surface area contributed by atoms with Crippen molar-refractivity contribution in [2.45, 2.75) is 12.5 Å². The summed E-state index contributed by atoms with van der Waals surface area (Å²) < 4.78 is 34.5. The number of rotatable bonds is 5. The van der Waals surface area contributed by atoms with E-state index < -0.39 is 22.2 Å². The molecule has 39 heavy (non-hydrogen) atoms. The second kappa shape index (κ2) is 9.83. The number of hydrogen-bond donors (Lipinski definition) is 1. The van der Waals surface area contributed by atoms with Crippen LogP contribution in [0.25, 0.3) is 20.4 Å². The molecular weight excluding hydrogens is 593 g/mol. The molecule has 0 spiro atoms. The minimum absolute atomic E-state index is 0.00184. The first kappa shape index (κ1) is 25.6. The monoisotopic (exact) mass is 606 g/mol. The summed E-state index contributed by atoms with van der Waals surface area (Å²) in [5.41, 5.74) is 4.13. The molecule has 1 aliphatic heterocycles. The van der Waals surface area contributed by atoms with Crippen molar-refractivity contribution >= 4 is 88.1 Å². The summed E-state index contributed by atoms with van der Waals surface area (Å²) in [6.07, 6.45) is 0.405. The molecule has 1 fully saturated rings. The average molecular weight is 607 g/mol. The van der Waals surface area contributed by atoms with Gasteiger partial charge in [-0.3, -0.25) is 20.5 Å². The van der Waals surface area contributed by atoms with Crippen LogP contribution in [0.1, 0.15) is 18.0 Å². The van der Waals surface area contributed by atoms with Crippen molar-refractivity contribution < 1.29 is 18.4 Å². The minimum atomic E-state index is -1.12. The van der Waals surface area contributed by atoms with Gasteiger partial charge in [-0.2, -0.15) is 4.39 Å². The summed E-state index contributed by atoms with van der Waals surface area (Å²) in [6.45, 7) is 0. The van der Waals surface area contributed by atoms with Crippen LogP contribution in [0.5, 0.6) is 5.75 Å². The molecule has 1 aliphatic rings. The van der Waals surface area contributed by atoms with Crippen LogP contribution in [0, 0.1) is 21.7 Å². The van der Waals surface area contributed by atoms with Crippen LogP contribution in [0.15, 0.2) is 47.5 Å². The molecule has 3 aromatic carbocycles. The lowest BCUT2D eigenvalue weighted by Crippen LogP contribution is -2.34. The molecule has 0 bridgehead atoms. The Labute approximate surface area is 236 Å². The van der Waals surface area contributed by atoms with Crippen LogP contribution >= 0.6 is 45.9 Å². The number of hydrazine groups is 1. The number of aliphatic imine (C=N–C) groups is 1. The Balaban J connectivity index is 1.41. The Morgan fingerprint density at radius 1 is 1.10 bits per heavy atom. The van der Waals surface area contributed by atoms with Crippen molar-refractivity contribution in [2.24, 2.45) is 4.99 Å². The summed E-state index contributed by atoms with van der Waals surface area (Å²) in [5.74, 6) is -0.445. The van der Waals surface area contributed by atoms with Gasteiger partial charge in [0.2, 0.25) is 16.1 Å². The largest absolute Gasteiger partial charge is 0.497 e. The van der Waals surface area contributed by atoms with Crippen molar-refractivity contribution in [3.63, 3.8) is 0 Å². The summed E-state index contributed by atoms with van der Waals surface area (Å²) in [6, 6.07) is 11.1. The number of halogens is 4. The highest BCUT2D eigenvalue weighted by atomic mass is 35.5. The molecule has 198 valence electrons. The Hall–Kier alpha value is -3.65. The maximum atomic E-state index is 14.4. The van der Waals surface area contributed by atoms with Gasteiger partial charge in [-0.25, -0.2) is 19.4 Å². The van der Waals surface area contributed by atoms with Crippen LogP contribution < -0.4 is 15.2 Å². The number of nitrogens with one attached hydrogen (secondary N) is 1. The van der Waals surface area contributed by atoms with E-state index in [0.29, 0.717) is 33.4 Å². The smallest absolute Gasteiger partial charge is 0.308 e. The Morgan fingerprint density at radius 2 is 1.85 bits per heavy atom. The van der Waals surface area contributed by atoms with Gasteiger partial charge >= 0.3 is 5.69 Å². The van der Waals surface area contributed by atoms with Crippen LogP contribution in [0.2, 0.25) is 10.0 Å². The lowest BCUT2D eigenvalue weighted by atomic mass is 10.0. The number of amidine groups is 1. The normalized spacial score (nSPS) is 16.4. The van der Waals surface area contributed by atoms with E-state index in [-0.39, 0.29) is 31.4 Å². The van der Waals surface area contributed by atoms with E-state index in [9.17, 15) is 18.9 Å². The van der Waals surface area contributed by atoms with Crippen molar-refractivity contribution in [3.05, 3.63) is 79.8 Å². The Bertz CT molecular complexity index is 1810. The fourth-order valence-electron chi connectivity index (χ4n) is 4.19. The minimum Gasteiger partial charge on any atom is -0.497 e. The second-order valence-electron chi connectivity index (χ2n) is 8.36. The van der Waals surface area contributed by atoms with Crippen molar-refractivity contribution in [1.29, 1.82) is 0 Å². The molecule has 5 aromatic rings. The van der Waals surface area contributed by atoms with E-state index in [2.05, 4.69) is 20.4 Å². The lowest BCUT2D eigenvalue weighted by Gasteiger charge is -2.23. The number of benzene rings is 3. The summed E-state index contributed by atoms with van der Waals surface area (Å²) in [5, 5.41) is 13.4. The van der Waals surface area contributed by atoms with E-state index >= 15 is 0 Å². The fourth-order valence-corrected chi connectivity index (χ4v) is 6.64. The molecule has 9 nitrogen and oxygen atoms in total. The molecule has 2 aromatic heterocycles. The van der Waals surface area contributed by atoms with Gasteiger partial charge < -0.3 is 4.74 Å². The standard InChI is InChI=1S/C24H14Cl2F2N6O3S2/c1-37-11-4-2-10(3-5-11)15-9-17(32-33(15)24-30-13-7-6-12(27)18(25)21(13)39-24)31-23-29-14-8-16(34(35)36)20(28)19(26)22(14)38-23/h2-8,15H,9H2,1H3,(H,29,31,32). The molecule has 1 N–H and O–H groups in total. The van der Waals surface area contributed by atoms with Crippen LogP contribution in [-0.2, 0) is 0 Å². The zero-order valence-corrected chi connectivity index (χ0v) is 22.8. The van der Waals surface area contributed by atoms with Gasteiger partial charge in [-0.1, -0.05) is 58.0 Å². The first-order chi connectivity index (χ1) is 18.7. The third-order valence-electron chi connectivity index (χ3n) is 6.05. The van der Waals surface area contributed by atoms with E-state index in [1.807, 2.05) is 29.3 Å². The predicted octanol–water partition coefficient (Wildman–Crippen LogP) is 7.59. The number of methoxy groups -OCH3 is 1. The second-order valence-corrected chi connectivity index (χ2v) is 11.1. The summed E-state index contributed by atoms with van der Waals surface area (Å²) in [4.78, 5) is 23.9. The number of nitro groups is 1. The van der Waals surface area contributed by atoms with Gasteiger partial charge in [0, 0.05) is 12.5 Å². The topological polar surface area (TPSA) is 106 Å². The number of anilines is 1. The number of thiazole rings is 2. The fraction of sp³-hybridized carbons (Fsp3) is 0.125. The zero-order chi connectivity index (χ0) is 27.4. The summed E-state index contributed by atoms with van der Waals surface area (Å²) in [7, 11) is 1.58. The highest BCUT2D eigenvalue weighted by Crippen LogP contribution is 2.42. The van der Waals surface area contributed by atoms with E-state index in [1.54, 1.807) is 13.2 Å². The summed E-state index contributed by atoms with van der Waals surface area (Å²) >= 11 is 14.5. The van der Waals surface area contributed by atoms with E-state index in [1.165, 1.54) is 17.4 Å². The van der Waals surface area contributed by atoms with Gasteiger partial charge in [0.05, 0.1) is 43.5 Å². The molecule has 1 saturated heterocycles. The van der Waals surface area contributed by atoms with Gasteiger partial charge in [0.1, 0.15) is 22.4 Å². The Kier molecular flexibility index (Phi) is 6.46. The molecule has 0 amide bonds. The van der Waals surface area contributed by atoms with Gasteiger partial charge in [-0.15, -0.1) is 0 Å². The van der Waals surface area contributed by atoms with Crippen LogP contribution in [0.3, 0.4) is 0 Å². The van der Waals surface area contributed by atoms with Crippen LogP contribution in [0.4, 0.5) is 24.7 Å². The molecule has 0 radical (unpaired) electrons. The van der Waals surface area contributed by atoms with Gasteiger partial charge in [0.25, 0.3) is 0 Å². The first-order valence-electron chi connectivity index (χ1n) is 11.2. The third-order valence-corrected chi connectivity index (χ3v) is 9.07. The quantitative estimate of drug-likeness (QED) is 0.162. The maximum absolute atomic E-state index is 14.4. The number of hydrogen-bond acceptors (Lipinski definition) is 9.